The number of carbonyl (C=O) groups is 2. The van der Waals surface area contributed by atoms with Crippen molar-refractivity contribution in [1.82, 2.24) is 19.8 Å². The molecule has 2 aromatic carbocycles. The Balaban J connectivity index is 1.43. The maximum atomic E-state index is 13.0. The van der Waals surface area contributed by atoms with Gasteiger partial charge in [0.25, 0.3) is 0 Å². The van der Waals surface area contributed by atoms with Gasteiger partial charge in [0.15, 0.2) is 5.11 Å². The standard InChI is InChI=1S/C31H31N5O3S/c1-3-21-9-4-5-10-24(21)33-27(37)17-20-36-29(28(34-31(36)40)25-11-6-7-18-32-25)26-12-8-19-35(26)23-15-13-22(14-16-23)30(38)39-2/h4-16,18-19,28-29H,3,17,20H2,1-2H3,(H,33,37)(H,34,40)/t28-,29+/m1/s1. The summed E-state index contributed by atoms with van der Waals surface area (Å²) in [6.45, 7) is 2.49. The third-order valence-electron chi connectivity index (χ3n) is 7.10. The van der Waals surface area contributed by atoms with E-state index in [1.165, 1.54) is 7.11 Å². The molecule has 8 nitrogen and oxygen atoms in total. The Hall–Kier alpha value is -4.50. The summed E-state index contributed by atoms with van der Waals surface area (Å²) in [5, 5.41) is 7.08. The number of aryl methyl sites for hydroxylation is 1. The van der Waals surface area contributed by atoms with Crippen LogP contribution in [-0.4, -0.2) is 45.1 Å². The highest BCUT2D eigenvalue weighted by Crippen LogP contribution is 2.39. The molecule has 1 amide bonds. The molecule has 0 bridgehead atoms. The van der Waals surface area contributed by atoms with Crippen molar-refractivity contribution >= 4 is 34.9 Å². The zero-order valence-electron chi connectivity index (χ0n) is 22.4. The van der Waals surface area contributed by atoms with Crippen LogP contribution in [0.25, 0.3) is 5.69 Å². The first kappa shape index (κ1) is 27.1. The van der Waals surface area contributed by atoms with E-state index in [2.05, 4.69) is 38.1 Å². The van der Waals surface area contributed by atoms with Crippen LogP contribution in [0.2, 0.25) is 0 Å². The molecule has 0 saturated carbocycles. The number of carbonyl (C=O) groups excluding carboxylic acids is 2. The number of nitrogens with one attached hydrogen (secondary N) is 2. The van der Waals surface area contributed by atoms with Crippen molar-refractivity contribution in [3.63, 3.8) is 0 Å². The number of para-hydroxylation sites is 1. The SMILES string of the molecule is CCc1ccccc1NC(=O)CCN1C(=S)N[C@H](c2ccccn2)[C@@H]1c1cccn1-c1ccc(C(=O)OC)cc1. The van der Waals surface area contributed by atoms with Gasteiger partial charge in [-0.1, -0.05) is 31.2 Å². The minimum absolute atomic E-state index is 0.0717. The zero-order chi connectivity index (χ0) is 28.1. The minimum Gasteiger partial charge on any atom is -0.465 e. The number of hydrogen-bond acceptors (Lipinski definition) is 5. The molecule has 3 heterocycles. The number of pyridine rings is 1. The molecule has 1 saturated heterocycles. The van der Waals surface area contributed by atoms with Gasteiger partial charge in [-0.05, 0) is 78.8 Å². The third kappa shape index (κ3) is 5.60. The van der Waals surface area contributed by atoms with Crippen LogP contribution < -0.4 is 10.6 Å². The second-order valence-corrected chi connectivity index (χ2v) is 9.86. The lowest BCUT2D eigenvalue weighted by molar-refractivity contribution is -0.116. The van der Waals surface area contributed by atoms with E-state index in [1.807, 2.05) is 66.9 Å². The number of rotatable bonds is 9. The van der Waals surface area contributed by atoms with Gasteiger partial charge in [0.1, 0.15) is 0 Å². The number of anilines is 1. The van der Waals surface area contributed by atoms with Gasteiger partial charge in [0.05, 0.1) is 30.5 Å². The van der Waals surface area contributed by atoms with E-state index < -0.39 is 0 Å². The molecule has 0 radical (unpaired) electrons. The molecule has 40 heavy (non-hydrogen) atoms. The van der Waals surface area contributed by atoms with Crippen molar-refractivity contribution in [1.29, 1.82) is 0 Å². The minimum atomic E-state index is -0.383. The Morgan fingerprint density at radius 3 is 2.52 bits per heavy atom. The summed E-state index contributed by atoms with van der Waals surface area (Å²) in [6, 6.07) is 24.5. The number of nitrogens with zero attached hydrogens (tertiary/aromatic N) is 3. The van der Waals surface area contributed by atoms with E-state index in [1.54, 1.807) is 18.3 Å². The van der Waals surface area contributed by atoms with Gasteiger partial charge < -0.3 is 24.8 Å². The molecule has 1 aliphatic heterocycles. The first-order chi connectivity index (χ1) is 19.5. The van der Waals surface area contributed by atoms with E-state index in [0.717, 1.165) is 34.7 Å². The normalized spacial score (nSPS) is 16.4. The maximum absolute atomic E-state index is 13.0. The number of amides is 1. The summed E-state index contributed by atoms with van der Waals surface area (Å²) < 4.78 is 6.91. The molecule has 9 heteroatoms. The Kier molecular flexibility index (Phi) is 8.21. The van der Waals surface area contributed by atoms with Crippen LogP contribution in [0.1, 0.15) is 52.7 Å². The predicted octanol–water partition coefficient (Wildman–Crippen LogP) is 5.22. The van der Waals surface area contributed by atoms with Crippen molar-refractivity contribution < 1.29 is 14.3 Å². The van der Waals surface area contributed by atoms with Crippen LogP contribution in [0, 0.1) is 0 Å². The van der Waals surface area contributed by atoms with E-state index in [0.29, 0.717) is 17.2 Å². The topological polar surface area (TPSA) is 88.5 Å². The Morgan fingerprint density at radius 2 is 1.80 bits per heavy atom. The molecule has 0 spiro atoms. The number of esters is 1. The summed E-state index contributed by atoms with van der Waals surface area (Å²) in [4.78, 5) is 31.7. The Bertz CT molecular complexity index is 1500. The number of hydrogen-bond donors (Lipinski definition) is 2. The molecule has 2 N–H and O–H groups in total. The highest BCUT2D eigenvalue weighted by atomic mass is 32.1. The van der Waals surface area contributed by atoms with E-state index in [4.69, 9.17) is 17.0 Å². The molecule has 2 atom stereocenters. The Labute approximate surface area is 239 Å². The molecule has 2 aromatic heterocycles. The van der Waals surface area contributed by atoms with E-state index >= 15 is 0 Å². The van der Waals surface area contributed by atoms with Crippen molar-refractivity contribution in [2.45, 2.75) is 31.8 Å². The van der Waals surface area contributed by atoms with Gasteiger partial charge in [0.2, 0.25) is 5.91 Å². The summed E-state index contributed by atoms with van der Waals surface area (Å²) in [5.74, 6) is -0.455. The van der Waals surface area contributed by atoms with Crippen molar-refractivity contribution in [3.8, 4) is 5.69 Å². The molecular weight excluding hydrogens is 522 g/mol. The zero-order valence-corrected chi connectivity index (χ0v) is 23.2. The quantitative estimate of drug-likeness (QED) is 0.217. The summed E-state index contributed by atoms with van der Waals surface area (Å²) in [5.41, 5.74) is 5.13. The highest BCUT2D eigenvalue weighted by Gasteiger charge is 2.41. The number of methoxy groups -OCH3 is 1. The van der Waals surface area contributed by atoms with Crippen LogP contribution >= 0.6 is 12.2 Å². The number of aromatic nitrogens is 2. The van der Waals surface area contributed by atoms with Crippen molar-refractivity contribution in [2.24, 2.45) is 0 Å². The average molecular weight is 554 g/mol. The smallest absolute Gasteiger partial charge is 0.337 e. The second-order valence-electron chi connectivity index (χ2n) is 9.47. The van der Waals surface area contributed by atoms with Gasteiger partial charge in [-0.2, -0.15) is 0 Å². The van der Waals surface area contributed by atoms with Gasteiger partial charge in [-0.15, -0.1) is 0 Å². The van der Waals surface area contributed by atoms with Gasteiger partial charge in [-0.25, -0.2) is 4.79 Å². The second kappa shape index (κ2) is 12.1. The number of ether oxygens (including phenoxy) is 1. The third-order valence-corrected chi connectivity index (χ3v) is 7.45. The monoisotopic (exact) mass is 553 g/mol. The lowest BCUT2D eigenvalue weighted by Crippen LogP contribution is -2.33. The fraction of sp³-hybridized carbons (Fsp3) is 0.226. The summed E-state index contributed by atoms with van der Waals surface area (Å²) in [6.07, 6.45) is 4.84. The lowest BCUT2D eigenvalue weighted by Gasteiger charge is -2.29. The molecule has 1 aliphatic rings. The van der Waals surface area contributed by atoms with E-state index in [-0.39, 0.29) is 30.4 Å². The average Bonchev–Trinajstić information content (AvgIpc) is 3.60. The van der Waals surface area contributed by atoms with Gasteiger partial charge in [0, 0.05) is 42.4 Å². The first-order valence-corrected chi connectivity index (χ1v) is 13.6. The van der Waals surface area contributed by atoms with Crippen LogP contribution in [0.15, 0.2) is 91.3 Å². The largest absolute Gasteiger partial charge is 0.465 e. The molecule has 4 aromatic rings. The van der Waals surface area contributed by atoms with Gasteiger partial charge in [-0.3, -0.25) is 9.78 Å². The first-order valence-electron chi connectivity index (χ1n) is 13.2. The van der Waals surface area contributed by atoms with Crippen molar-refractivity contribution in [2.75, 3.05) is 19.0 Å². The van der Waals surface area contributed by atoms with E-state index in [9.17, 15) is 9.59 Å². The summed E-state index contributed by atoms with van der Waals surface area (Å²) >= 11 is 5.80. The van der Waals surface area contributed by atoms with Crippen LogP contribution in [-0.2, 0) is 16.0 Å². The van der Waals surface area contributed by atoms with Crippen LogP contribution in [0.3, 0.4) is 0 Å². The fourth-order valence-corrected chi connectivity index (χ4v) is 5.43. The molecule has 5 rings (SSSR count). The predicted molar refractivity (Wildman–Crippen MR) is 158 cm³/mol. The lowest BCUT2D eigenvalue weighted by atomic mass is 10.0. The molecule has 0 aliphatic carbocycles. The van der Waals surface area contributed by atoms with Crippen molar-refractivity contribution in [3.05, 3.63) is 114 Å². The van der Waals surface area contributed by atoms with Crippen LogP contribution in [0.4, 0.5) is 5.69 Å². The fourth-order valence-electron chi connectivity index (χ4n) is 5.10. The highest BCUT2D eigenvalue weighted by molar-refractivity contribution is 7.80. The number of thiocarbonyl (C=S) groups is 1. The molecule has 1 fully saturated rings. The van der Waals surface area contributed by atoms with Gasteiger partial charge >= 0.3 is 5.97 Å². The number of benzene rings is 2. The summed E-state index contributed by atoms with van der Waals surface area (Å²) in [7, 11) is 1.37. The molecule has 0 unspecified atom stereocenters. The van der Waals surface area contributed by atoms with Crippen LogP contribution in [0.5, 0.6) is 0 Å². The maximum Gasteiger partial charge on any atom is 0.337 e. The molecule has 204 valence electrons. The Morgan fingerprint density at radius 1 is 1.02 bits per heavy atom. The molecular formula is C31H31N5O3S.